The van der Waals surface area contributed by atoms with Gasteiger partial charge in [-0.25, -0.2) is 9.67 Å². The van der Waals surface area contributed by atoms with Gasteiger partial charge in [0, 0.05) is 11.4 Å². The molecule has 3 aromatic rings. The minimum atomic E-state index is 0. The molecule has 0 bridgehead atoms. The maximum Gasteiger partial charge on any atom is 0.193 e. The maximum absolute atomic E-state index is 6.14. The van der Waals surface area contributed by atoms with Crippen LogP contribution in [0.5, 0.6) is 5.75 Å². The third kappa shape index (κ3) is 5.17. The quantitative estimate of drug-likeness (QED) is 0.296. The van der Waals surface area contributed by atoms with E-state index in [2.05, 4.69) is 15.4 Å². The minimum absolute atomic E-state index is 0. The molecule has 28 heavy (non-hydrogen) atoms. The highest BCUT2D eigenvalue weighted by atomic mass is 127. The summed E-state index contributed by atoms with van der Waals surface area (Å²) in [7, 11) is 1.57. The predicted octanol–water partition coefficient (Wildman–Crippen LogP) is 4.70. The average molecular weight is 512 g/mol. The molecule has 1 heterocycles. The highest BCUT2D eigenvalue weighted by Gasteiger charge is 2.08. The van der Waals surface area contributed by atoms with Crippen LogP contribution in [-0.4, -0.2) is 22.8 Å². The van der Waals surface area contributed by atoms with Crippen LogP contribution in [0.15, 0.2) is 53.5 Å². The van der Waals surface area contributed by atoms with Crippen LogP contribution in [0.2, 0.25) is 5.02 Å². The van der Waals surface area contributed by atoms with Crippen molar-refractivity contribution in [3.8, 4) is 11.4 Å². The van der Waals surface area contributed by atoms with Crippen LogP contribution in [-0.2, 0) is 6.54 Å². The number of hydrogen-bond donors (Lipinski definition) is 2. The summed E-state index contributed by atoms with van der Waals surface area (Å²) in [5.74, 6) is 0.913. The third-order valence-corrected chi connectivity index (χ3v) is 4.37. The second-order valence-electron chi connectivity index (χ2n) is 6.14. The van der Waals surface area contributed by atoms with Crippen LogP contribution in [0.1, 0.15) is 17.0 Å². The summed E-state index contributed by atoms with van der Waals surface area (Å²) in [5.41, 5.74) is 10.9. The Hall–Kier alpha value is -2.26. The normalized spacial score (nSPS) is 11.1. The van der Waals surface area contributed by atoms with Gasteiger partial charge in [-0.2, -0.15) is 5.10 Å². The number of para-hydroxylation sites is 1. The highest BCUT2D eigenvalue weighted by Crippen LogP contribution is 2.27. The standard InChI is InChI=1S/C20H22ClN5O.HI/c1-13-10-14(2)26(25-13)18-7-5-4-6-15(18)12-23-20(22)24-16-8-9-19(27-3)17(21)11-16;/h4-11H,12H2,1-3H3,(H3,22,23,24);1H. The van der Waals surface area contributed by atoms with Gasteiger partial charge in [-0.05, 0) is 49.7 Å². The molecule has 0 aliphatic heterocycles. The Kier molecular flexibility index (Phi) is 7.70. The van der Waals surface area contributed by atoms with Crippen molar-refractivity contribution >= 4 is 47.2 Å². The summed E-state index contributed by atoms with van der Waals surface area (Å²) in [5, 5.41) is 8.11. The molecule has 2 aromatic carbocycles. The lowest BCUT2D eigenvalue weighted by Gasteiger charge is -2.11. The smallest absolute Gasteiger partial charge is 0.193 e. The number of anilines is 1. The summed E-state index contributed by atoms with van der Waals surface area (Å²) >= 11 is 6.14. The molecular formula is C20H23ClIN5O. The zero-order valence-corrected chi connectivity index (χ0v) is 19.0. The van der Waals surface area contributed by atoms with Crippen molar-refractivity contribution in [1.82, 2.24) is 9.78 Å². The molecule has 1 aromatic heterocycles. The molecule has 3 rings (SSSR count). The summed E-state index contributed by atoms with van der Waals surface area (Å²) in [6.45, 7) is 4.44. The molecule has 0 radical (unpaired) electrons. The number of benzene rings is 2. The zero-order chi connectivity index (χ0) is 19.4. The van der Waals surface area contributed by atoms with E-state index >= 15 is 0 Å². The second kappa shape index (κ2) is 9.79. The minimum Gasteiger partial charge on any atom is -0.495 e. The number of hydrogen-bond acceptors (Lipinski definition) is 3. The highest BCUT2D eigenvalue weighted by molar-refractivity contribution is 14.0. The van der Waals surface area contributed by atoms with Crippen molar-refractivity contribution in [3.05, 3.63) is 70.5 Å². The molecule has 0 spiro atoms. The number of nitrogens with two attached hydrogens (primary N) is 1. The fraction of sp³-hybridized carbons (Fsp3) is 0.200. The molecule has 0 amide bonds. The Morgan fingerprint density at radius 1 is 1.21 bits per heavy atom. The number of nitrogens with one attached hydrogen (secondary N) is 1. The Balaban J connectivity index is 0.00000280. The van der Waals surface area contributed by atoms with E-state index in [0.717, 1.165) is 28.3 Å². The van der Waals surface area contributed by atoms with Crippen molar-refractivity contribution in [2.24, 2.45) is 10.7 Å². The van der Waals surface area contributed by atoms with Crippen molar-refractivity contribution < 1.29 is 4.74 Å². The molecule has 3 N–H and O–H groups in total. The van der Waals surface area contributed by atoms with E-state index in [4.69, 9.17) is 22.1 Å². The van der Waals surface area contributed by atoms with Crippen LogP contribution in [0.3, 0.4) is 0 Å². The van der Waals surface area contributed by atoms with E-state index in [1.54, 1.807) is 19.2 Å². The number of aryl methyl sites for hydroxylation is 2. The van der Waals surface area contributed by atoms with Gasteiger partial charge in [0.2, 0.25) is 0 Å². The molecule has 6 nitrogen and oxygen atoms in total. The molecule has 0 saturated heterocycles. The SMILES string of the molecule is COc1ccc(NC(N)=NCc2ccccc2-n2nc(C)cc2C)cc1Cl.I. The van der Waals surface area contributed by atoms with Gasteiger partial charge in [0.1, 0.15) is 5.75 Å². The van der Waals surface area contributed by atoms with Gasteiger partial charge in [-0.3, -0.25) is 0 Å². The van der Waals surface area contributed by atoms with Gasteiger partial charge < -0.3 is 15.8 Å². The van der Waals surface area contributed by atoms with E-state index < -0.39 is 0 Å². The first-order valence-electron chi connectivity index (χ1n) is 8.50. The van der Waals surface area contributed by atoms with Crippen molar-refractivity contribution in [2.75, 3.05) is 12.4 Å². The topological polar surface area (TPSA) is 77.5 Å². The first-order valence-corrected chi connectivity index (χ1v) is 8.87. The Morgan fingerprint density at radius 2 is 1.96 bits per heavy atom. The average Bonchev–Trinajstić information content (AvgIpc) is 2.98. The fourth-order valence-corrected chi connectivity index (χ4v) is 3.08. The summed E-state index contributed by atoms with van der Waals surface area (Å²) in [6, 6.07) is 15.4. The van der Waals surface area contributed by atoms with Crippen LogP contribution in [0.25, 0.3) is 5.69 Å². The molecule has 0 atom stereocenters. The fourth-order valence-electron chi connectivity index (χ4n) is 2.83. The van der Waals surface area contributed by atoms with Gasteiger partial charge in [0.15, 0.2) is 5.96 Å². The van der Waals surface area contributed by atoms with Gasteiger partial charge in [0.05, 0.1) is 30.1 Å². The van der Waals surface area contributed by atoms with Gasteiger partial charge >= 0.3 is 0 Å². The van der Waals surface area contributed by atoms with Crippen molar-refractivity contribution in [1.29, 1.82) is 0 Å². The van der Waals surface area contributed by atoms with Crippen molar-refractivity contribution in [3.63, 3.8) is 0 Å². The molecule has 8 heteroatoms. The number of nitrogens with zero attached hydrogens (tertiary/aromatic N) is 3. The van der Waals surface area contributed by atoms with Crippen LogP contribution in [0, 0.1) is 13.8 Å². The number of rotatable bonds is 5. The van der Waals surface area contributed by atoms with Gasteiger partial charge in [-0.1, -0.05) is 29.8 Å². The van der Waals surface area contributed by atoms with Gasteiger partial charge in [-0.15, -0.1) is 24.0 Å². The second-order valence-corrected chi connectivity index (χ2v) is 6.55. The van der Waals surface area contributed by atoms with Crippen LogP contribution >= 0.6 is 35.6 Å². The summed E-state index contributed by atoms with van der Waals surface area (Å²) in [4.78, 5) is 4.45. The molecule has 0 fully saturated rings. The molecule has 148 valence electrons. The lowest BCUT2D eigenvalue weighted by molar-refractivity contribution is 0.415. The van der Waals surface area contributed by atoms with E-state index in [0.29, 0.717) is 23.3 Å². The monoisotopic (exact) mass is 511 g/mol. The van der Waals surface area contributed by atoms with Gasteiger partial charge in [0.25, 0.3) is 0 Å². The molecule has 0 saturated carbocycles. The van der Waals surface area contributed by atoms with E-state index in [9.17, 15) is 0 Å². The first kappa shape index (κ1) is 22.0. The number of ether oxygens (including phenoxy) is 1. The molecule has 0 aliphatic rings. The summed E-state index contributed by atoms with van der Waals surface area (Å²) in [6.07, 6.45) is 0. The predicted molar refractivity (Wildman–Crippen MR) is 125 cm³/mol. The Labute approximate surface area is 186 Å². The summed E-state index contributed by atoms with van der Waals surface area (Å²) < 4.78 is 7.07. The maximum atomic E-state index is 6.14. The van der Waals surface area contributed by atoms with E-state index in [-0.39, 0.29) is 24.0 Å². The lowest BCUT2D eigenvalue weighted by atomic mass is 10.2. The number of methoxy groups -OCH3 is 1. The van der Waals surface area contributed by atoms with E-state index in [1.165, 1.54) is 0 Å². The Bertz CT molecular complexity index is 986. The van der Waals surface area contributed by atoms with Crippen LogP contribution < -0.4 is 15.8 Å². The lowest BCUT2D eigenvalue weighted by Crippen LogP contribution is -2.22. The largest absolute Gasteiger partial charge is 0.495 e. The van der Waals surface area contributed by atoms with Crippen molar-refractivity contribution in [2.45, 2.75) is 20.4 Å². The number of halogens is 2. The zero-order valence-electron chi connectivity index (χ0n) is 15.9. The number of aromatic nitrogens is 2. The molecule has 0 unspecified atom stereocenters. The first-order chi connectivity index (χ1) is 13.0. The molecular weight excluding hydrogens is 489 g/mol. The Morgan fingerprint density at radius 3 is 2.61 bits per heavy atom. The van der Waals surface area contributed by atoms with Crippen LogP contribution in [0.4, 0.5) is 5.69 Å². The molecule has 0 aliphatic carbocycles. The van der Waals surface area contributed by atoms with E-state index in [1.807, 2.05) is 54.9 Å². The third-order valence-electron chi connectivity index (χ3n) is 4.07. The number of aliphatic imine (C=N–C) groups is 1. The number of guanidine groups is 1.